The zero-order chi connectivity index (χ0) is 11.4. The molecule has 0 heterocycles. The van der Waals surface area contributed by atoms with E-state index in [1.54, 1.807) is 0 Å². The van der Waals surface area contributed by atoms with Crippen LogP contribution in [0.4, 0.5) is 0 Å². The molecule has 0 N–H and O–H groups in total. The highest BCUT2D eigenvalue weighted by atomic mass is 16.1. The second kappa shape index (κ2) is 5.29. The minimum Gasteiger partial charge on any atom is -0.294 e. The molecule has 1 unspecified atom stereocenters. The van der Waals surface area contributed by atoms with Gasteiger partial charge in [-0.2, -0.15) is 0 Å². The van der Waals surface area contributed by atoms with Crippen LogP contribution in [0.3, 0.4) is 0 Å². The number of carbonyl (C=O) groups excluding carboxylic acids is 1. The molecule has 0 amide bonds. The summed E-state index contributed by atoms with van der Waals surface area (Å²) in [5, 5.41) is 0. The molecular formula is C15H20O. The van der Waals surface area contributed by atoms with Crippen LogP contribution in [0.5, 0.6) is 0 Å². The summed E-state index contributed by atoms with van der Waals surface area (Å²) in [5.41, 5.74) is 2.23. The summed E-state index contributed by atoms with van der Waals surface area (Å²) in [6.45, 7) is 2.21. The van der Waals surface area contributed by atoms with E-state index in [1.807, 2.05) is 18.2 Å². The first-order valence-corrected chi connectivity index (χ1v) is 6.45. The monoisotopic (exact) mass is 216 g/mol. The summed E-state index contributed by atoms with van der Waals surface area (Å²) in [6, 6.07) is 8.09. The van der Waals surface area contributed by atoms with Gasteiger partial charge < -0.3 is 0 Å². The number of benzene rings is 1. The molecule has 0 aliphatic heterocycles. The van der Waals surface area contributed by atoms with Gasteiger partial charge in [0.2, 0.25) is 0 Å². The largest absolute Gasteiger partial charge is 0.294 e. The predicted octanol–water partition coefficient (Wildman–Crippen LogP) is 4.01. The molecule has 0 saturated heterocycles. The molecule has 0 spiro atoms. The van der Waals surface area contributed by atoms with Crippen molar-refractivity contribution in [3.63, 3.8) is 0 Å². The highest BCUT2D eigenvalue weighted by Gasteiger charge is 2.26. The van der Waals surface area contributed by atoms with Crippen molar-refractivity contribution in [2.24, 2.45) is 5.92 Å². The number of fused-ring (bicyclic) bond motifs is 1. The fourth-order valence-electron chi connectivity index (χ4n) is 2.58. The Morgan fingerprint density at radius 2 is 2.06 bits per heavy atom. The smallest absolute Gasteiger partial charge is 0.166 e. The second-order valence-corrected chi connectivity index (χ2v) is 4.75. The van der Waals surface area contributed by atoms with Gasteiger partial charge in [0.25, 0.3) is 0 Å². The molecule has 0 saturated carbocycles. The number of unbranched alkanes of at least 4 members (excludes halogenated alkanes) is 2. The van der Waals surface area contributed by atoms with Crippen molar-refractivity contribution in [3.05, 3.63) is 35.4 Å². The summed E-state index contributed by atoms with van der Waals surface area (Å²) in [4.78, 5) is 12.2. The van der Waals surface area contributed by atoms with E-state index in [0.29, 0.717) is 11.7 Å². The Morgan fingerprint density at radius 3 is 2.88 bits per heavy atom. The Kier molecular flexibility index (Phi) is 3.76. The number of rotatable bonds is 4. The molecule has 0 bridgehead atoms. The summed E-state index contributed by atoms with van der Waals surface area (Å²) >= 11 is 0. The van der Waals surface area contributed by atoms with Crippen LogP contribution in [-0.2, 0) is 6.42 Å². The van der Waals surface area contributed by atoms with Crippen LogP contribution in [0, 0.1) is 5.92 Å². The number of hydrogen-bond donors (Lipinski definition) is 0. The van der Waals surface area contributed by atoms with Gasteiger partial charge >= 0.3 is 0 Å². The predicted molar refractivity (Wildman–Crippen MR) is 66.7 cm³/mol. The van der Waals surface area contributed by atoms with Crippen LogP contribution in [0.1, 0.15) is 54.9 Å². The quantitative estimate of drug-likeness (QED) is 0.695. The second-order valence-electron chi connectivity index (χ2n) is 4.75. The number of Topliss-reactive ketones (excluding diaryl/α,β-unsaturated/α-hetero) is 1. The molecule has 1 aliphatic rings. The van der Waals surface area contributed by atoms with Gasteiger partial charge in [0.1, 0.15) is 0 Å². The first kappa shape index (κ1) is 11.4. The maximum Gasteiger partial charge on any atom is 0.166 e. The highest BCUT2D eigenvalue weighted by molar-refractivity contribution is 6.00. The maximum absolute atomic E-state index is 12.2. The normalized spacial score (nSPS) is 19.6. The standard InChI is InChI=1S/C15H20O/c1-2-3-4-8-13-11-10-12-7-5-6-9-14(12)15(13)16/h5-7,9,13H,2-4,8,10-11H2,1H3. The molecule has 16 heavy (non-hydrogen) atoms. The van der Waals surface area contributed by atoms with E-state index in [4.69, 9.17) is 0 Å². The van der Waals surface area contributed by atoms with Gasteiger partial charge in [-0.1, -0.05) is 50.5 Å². The Labute approximate surface area is 97.9 Å². The van der Waals surface area contributed by atoms with E-state index in [1.165, 1.54) is 24.8 Å². The minimum absolute atomic E-state index is 0.293. The number of aryl methyl sites for hydroxylation is 1. The highest BCUT2D eigenvalue weighted by Crippen LogP contribution is 2.28. The Bertz CT molecular complexity index is 367. The van der Waals surface area contributed by atoms with E-state index in [0.717, 1.165) is 24.8 Å². The average Bonchev–Trinajstić information content (AvgIpc) is 2.33. The molecule has 1 aliphatic carbocycles. The third-order valence-electron chi connectivity index (χ3n) is 3.57. The minimum atomic E-state index is 0.293. The topological polar surface area (TPSA) is 17.1 Å². The lowest BCUT2D eigenvalue weighted by Gasteiger charge is -2.23. The van der Waals surface area contributed by atoms with E-state index in [2.05, 4.69) is 13.0 Å². The van der Waals surface area contributed by atoms with Crippen molar-refractivity contribution in [2.45, 2.75) is 45.4 Å². The summed E-state index contributed by atoms with van der Waals surface area (Å²) in [6.07, 6.45) is 6.91. The van der Waals surface area contributed by atoms with E-state index in [9.17, 15) is 4.79 Å². The van der Waals surface area contributed by atoms with Gasteiger partial charge in [0, 0.05) is 11.5 Å². The summed E-state index contributed by atoms with van der Waals surface area (Å²) < 4.78 is 0. The molecule has 0 radical (unpaired) electrons. The van der Waals surface area contributed by atoms with Gasteiger partial charge in [-0.25, -0.2) is 0 Å². The van der Waals surface area contributed by atoms with Gasteiger partial charge in [0.05, 0.1) is 0 Å². The van der Waals surface area contributed by atoms with Crippen molar-refractivity contribution >= 4 is 5.78 Å². The molecule has 0 aromatic heterocycles. The average molecular weight is 216 g/mol. The number of ketones is 1. The fraction of sp³-hybridized carbons (Fsp3) is 0.533. The van der Waals surface area contributed by atoms with Crippen molar-refractivity contribution in [1.29, 1.82) is 0 Å². The Morgan fingerprint density at radius 1 is 1.25 bits per heavy atom. The molecule has 0 fully saturated rings. The van der Waals surface area contributed by atoms with Crippen molar-refractivity contribution in [1.82, 2.24) is 0 Å². The first-order chi connectivity index (χ1) is 7.83. The number of carbonyl (C=O) groups is 1. The molecular weight excluding hydrogens is 196 g/mol. The molecule has 1 aromatic carbocycles. The van der Waals surface area contributed by atoms with Gasteiger partial charge in [-0.15, -0.1) is 0 Å². The van der Waals surface area contributed by atoms with Crippen LogP contribution in [-0.4, -0.2) is 5.78 Å². The van der Waals surface area contributed by atoms with Crippen LogP contribution in [0.2, 0.25) is 0 Å². The van der Waals surface area contributed by atoms with Crippen LogP contribution < -0.4 is 0 Å². The molecule has 1 aromatic rings. The summed E-state index contributed by atoms with van der Waals surface area (Å²) in [5.74, 6) is 0.680. The summed E-state index contributed by atoms with van der Waals surface area (Å²) in [7, 11) is 0. The third kappa shape index (κ3) is 2.34. The Hall–Kier alpha value is -1.11. The Balaban J connectivity index is 2.03. The van der Waals surface area contributed by atoms with E-state index < -0.39 is 0 Å². The number of hydrogen-bond acceptors (Lipinski definition) is 1. The molecule has 2 rings (SSSR count). The third-order valence-corrected chi connectivity index (χ3v) is 3.57. The molecule has 1 heteroatoms. The zero-order valence-corrected chi connectivity index (χ0v) is 10.0. The van der Waals surface area contributed by atoms with E-state index in [-0.39, 0.29) is 0 Å². The lowest BCUT2D eigenvalue weighted by atomic mass is 9.80. The van der Waals surface area contributed by atoms with Crippen LogP contribution >= 0.6 is 0 Å². The van der Waals surface area contributed by atoms with Crippen LogP contribution in [0.15, 0.2) is 24.3 Å². The molecule has 1 atom stereocenters. The van der Waals surface area contributed by atoms with E-state index >= 15 is 0 Å². The van der Waals surface area contributed by atoms with Gasteiger partial charge in [-0.05, 0) is 24.8 Å². The maximum atomic E-state index is 12.2. The van der Waals surface area contributed by atoms with Gasteiger partial charge in [-0.3, -0.25) is 4.79 Å². The van der Waals surface area contributed by atoms with Gasteiger partial charge in [0.15, 0.2) is 5.78 Å². The zero-order valence-electron chi connectivity index (χ0n) is 10.0. The van der Waals surface area contributed by atoms with Crippen LogP contribution in [0.25, 0.3) is 0 Å². The molecule has 1 nitrogen and oxygen atoms in total. The molecule has 86 valence electrons. The van der Waals surface area contributed by atoms with Crippen molar-refractivity contribution in [3.8, 4) is 0 Å². The fourth-order valence-corrected chi connectivity index (χ4v) is 2.58. The first-order valence-electron chi connectivity index (χ1n) is 6.45. The lowest BCUT2D eigenvalue weighted by Crippen LogP contribution is -2.22. The SMILES string of the molecule is CCCCCC1CCc2ccccc2C1=O. The van der Waals surface area contributed by atoms with Crippen molar-refractivity contribution in [2.75, 3.05) is 0 Å². The van der Waals surface area contributed by atoms with Crippen molar-refractivity contribution < 1.29 is 4.79 Å². The lowest BCUT2D eigenvalue weighted by molar-refractivity contribution is 0.0892.